The Kier molecular flexibility index (Phi) is 3.89. The van der Waals surface area contributed by atoms with Crippen molar-refractivity contribution in [2.24, 2.45) is 5.92 Å². The quantitative estimate of drug-likeness (QED) is 0.798. The van der Waals surface area contributed by atoms with E-state index in [4.69, 9.17) is 0 Å². The van der Waals surface area contributed by atoms with Crippen molar-refractivity contribution in [3.8, 4) is 0 Å². The minimum absolute atomic E-state index is 0.00908. The summed E-state index contributed by atoms with van der Waals surface area (Å²) in [7, 11) is 0. The molecule has 0 unspecified atom stereocenters. The number of hydrogen-bond acceptors (Lipinski definition) is 3. The lowest BCUT2D eigenvalue weighted by Gasteiger charge is -2.39. The molecule has 0 aromatic heterocycles. The highest BCUT2D eigenvalue weighted by Gasteiger charge is 2.37. The molecule has 0 radical (unpaired) electrons. The van der Waals surface area contributed by atoms with E-state index in [9.17, 15) is 9.90 Å². The molecule has 0 spiro atoms. The predicted octanol–water partition coefficient (Wildman–Crippen LogP) is 2.08. The number of nitrogens with one attached hydrogen (secondary N) is 2. The Morgan fingerprint density at radius 2 is 2.10 bits per heavy atom. The summed E-state index contributed by atoms with van der Waals surface area (Å²) in [5, 5.41) is 16.2. The second-order valence-electron chi connectivity index (χ2n) is 6.67. The summed E-state index contributed by atoms with van der Waals surface area (Å²) in [4.78, 5) is 12.5. The van der Waals surface area contributed by atoms with Crippen LogP contribution in [0.3, 0.4) is 0 Å². The first-order chi connectivity index (χ1) is 10.1. The summed E-state index contributed by atoms with van der Waals surface area (Å²) in [6.45, 7) is 2.27. The van der Waals surface area contributed by atoms with Gasteiger partial charge in [0.2, 0.25) is 5.91 Å². The van der Waals surface area contributed by atoms with Crippen molar-refractivity contribution in [2.45, 2.75) is 50.6 Å². The summed E-state index contributed by atoms with van der Waals surface area (Å²) in [6.07, 6.45) is 4.60. The van der Waals surface area contributed by atoms with Gasteiger partial charge in [0.05, 0.1) is 12.1 Å². The molecule has 1 amide bonds. The Morgan fingerprint density at radius 1 is 1.38 bits per heavy atom. The molecule has 1 aromatic carbocycles. The first-order valence-corrected chi connectivity index (χ1v) is 7.89. The lowest BCUT2D eigenvalue weighted by molar-refractivity contribution is -0.125. The van der Waals surface area contributed by atoms with Gasteiger partial charge in [0.1, 0.15) is 6.04 Å². The van der Waals surface area contributed by atoms with E-state index in [0.29, 0.717) is 5.92 Å². The van der Waals surface area contributed by atoms with Crippen molar-refractivity contribution in [1.82, 2.24) is 5.32 Å². The molecule has 1 heterocycles. The SMILES string of the molecule is CC1CCC(CO)(NC(=O)[C@@H]2Cc3ccccc3N2)CC1. The van der Waals surface area contributed by atoms with Crippen LogP contribution in [-0.4, -0.2) is 29.2 Å². The Balaban J connectivity index is 1.64. The topological polar surface area (TPSA) is 61.4 Å². The van der Waals surface area contributed by atoms with E-state index < -0.39 is 5.54 Å². The van der Waals surface area contributed by atoms with Gasteiger partial charge < -0.3 is 15.7 Å². The van der Waals surface area contributed by atoms with Crippen molar-refractivity contribution in [3.05, 3.63) is 29.8 Å². The average Bonchev–Trinajstić information content (AvgIpc) is 2.94. The lowest BCUT2D eigenvalue weighted by Crippen LogP contribution is -2.56. The maximum absolute atomic E-state index is 12.5. The minimum Gasteiger partial charge on any atom is -0.394 e. The third kappa shape index (κ3) is 2.91. The molecular formula is C17H24N2O2. The molecule has 1 atom stereocenters. The van der Waals surface area contributed by atoms with E-state index in [1.807, 2.05) is 18.2 Å². The average molecular weight is 288 g/mol. The zero-order valence-corrected chi connectivity index (χ0v) is 12.6. The van der Waals surface area contributed by atoms with E-state index in [1.165, 1.54) is 5.56 Å². The van der Waals surface area contributed by atoms with Crippen LogP contribution in [0.4, 0.5) is 5.69 Å². The van der Waals surface area contributed by atoms with Crippen LogP contribution in [0.5, 0.6) is 0 Å². The van der Waals surface area contributed by atoms with Crippen LogP contribution in [0.25, 0.3) is 0 Å². The van der Waals surface area contributed by atoms with Gasteiger partial charge >= 0.3 is 0 Å². The molecule has 3 N–H and O–H groups in total. The molecule has 0 bridgehead atoms. The molecule has 2 aliphatic rings. The van der Waals surface area contributed by atoms with Crippen molar-refractivity contribution < 1.29 is 9.90 Å². The van der Waals surface area contributed by atoms with E-state index in [2.05, 4.69) is 23.6 Å². The fourth-order valence-electron chi connectivity index (χ4n) is 3.44. The number of carbonyl (C=O) groups is 1. The van der Waals surface area contributed by atoms with E-state index >= 15 is 0 Å². The molecule has 0 saturated heterocycles. The highest BCUT2D eigenvalue weighted by Crippen LogP contribution is 2.32. The molecule has 4 heteroatoms. The number of hydrogen-bond donors (Lipinski definition) is 3. The third-order valence-corrected chi connectivity index (χ3v) is 5.01. The summed E-state index contributed by atoms with van der Waals surface area (Å²) in [5.74, 6) is 0.699. The van der Waals surface area contributed by atoms with E-state index in [0.717, 1.165) is 37.8 Å². The first-order valence-electron chi connectivity index (χ1n) is 7.89. The van der Waals surface area contributed by atoms with Gasteiger partial charge in [-0.25, -0.2) is 0 Å². The van der Waals surface area contributed by atoms with Crippen LogP contribution in [0.2, 0.25) is 0 Å². The van der Waals surface area contributed by atoms with Crippen molar-refractivity contribution in [3.63, 3.8) is 0 Å². The van der Waals surface area contributed by atoms with Gasteiger partial charge in [-0.1, -0.05) is 25.1 Å². The largest absolute Gasteiger partial charge is 0.394 e. The van der Waals surface area contributed by atoms with Gasteiger partial charge in [0.25, 0.3) is 0 Å². The number of amides is 1. The van der Waals surface area contributed by atoms with Crippen LogP contribution < -0.4 is 10.6 Å². The molecule has 1 aliphatic heterocycles. The number of para-hydroxylation sites is 1. The second kappa shape index (κ2) is 5.68. The Hall–Kier alpha value is -1.55. The number of carbonyl (C=O) groups excluding carboxylic acids is 1. The monoisotopic (exact) mass is 288 g/mol. The van der Waals surface area contributed by atoms with Crippen LogP contribution in [0.1, 0.15) is 38.2 Å². The third-order valence-electron chi connectivity index (χ3n) is 5.01. The van der Waals surface area contributed by atoms with Crippen molar-refractivity contribution >= 4 is 11.6 Å². The van der Waals surface area contributed by atoms with Gasteiger partial charge in [0, 0.05) is 12.1 Å². The number of aliphatic hydroxyl groups excluding tert-OH is 1. The van der Waals surface area contributed by atoms with Gasteiger partial charge in [-0.05, 0) is 43.2 Å². The number of fused-ring (bicyclic) bond motifs is 1. The summed E-state index contributed by atoms with van der Waals surface area (Å²) in [5.41, 5.74) is 1.82. The van der Waals surface area contributed by atoms with Crippen LogP contribution in [0.15, 0.2) is 24.3 Å². The summed E-state index contributed by atoms with van der Waals surface area (Å²) < 4.78 is 0. The Morgan fingerprint density at radius 3 is 2.76 bits per heavy atom. The van der Waals surface area contributed by atoms with Gasteiger partial charge in [-0.15, -0.1) is 0 Å². The van der Waals surface area contributed by atoms with E-state index in [-0.39, 0.29) is 18.6 Å². The van der Waals surface area contributed by atoms with Crippen molar-refractivity contribution in [1.29, 1.82) is 0 Å². The summed E-state index contributed by atoms with van der Waals surface area (Å²) in [6, 6.07) is 7.82. The second-order valence-corrected chi connectivity index (χ2v) is 6.67. The highest BCUT2D eigenvalue weighted by molar-refractivity contribution is 5.88. The first kappa shape index (κ1) is 14.4. The number of anilines is 1. The predicted molar refractivity (Wildman–Crippen MR) is 83.1 cm³/mol. The maximum Gasteiger partial charge on any atom is 0.243 e. The molecule has 1 aromatic rings. The van der Waals surface area contributed by atoms with Gasteiger partial charge in [0.15, 0.2) is 0 Å². The maximum atomic E-state index is 12.5. The molecule has 1 saturated carbocycles. The zero-order chi connectivity index (χ0) is 14.9. The van der Waals surface area contributed by atoms with Gasteiger partial charge in [-0.2, -0.15) is 0 Å². The standard InChI is InChI=1S/C17H24N2O2/c1-12-6-8-17(11-20,9-7-12)19-16(21)15-10-13-4-2-3-5-14(13)18-15/h2-5,12,15,18,20H,6-11H2,1H3,(H,19,21)/t12?,15-,17?/m0/s1. The fourth-order valence-corrected chi connectivity index (χ4v) is 3.44. The highest BCUT2D eigenvalue weighted by atomic mass is 16.3. The molecule has 1 aliphatic carbocycles. The number of rotatable bonds is 3. The Bertz CT molecular complexity index is 496. The number of aliphatic hydroxyl groups is 1. The molecule has 3 rings (SSSR count). The lowest BCUT2D eigenvalue weighted by atomic mass is 9.77. The van der Waals surface area contributed by atoms with E-state index in [1.54, 1.807) is 0 Å². The smallest absolute Gasteiger partial charge is 0.243 e. The van der Waals surface area contributed by atoms with Crippen LogP contribution >= 0.6 is 0 Å². The summed E-state index contributed by atoms with van der Waals surface area (Å²) >= 11 is 0. The fraction of sp³-hybridized carbons (Fsp3) is 0.588. The molecule has 114 valence electrons. The zero-order valence-electron chi connectivity index (χ0n) is 12.6. The molecule has 1 fully saturated rings. The Labute approximate surface area is 125 Å². The van der Waals surface area contributed by atoms with Crippen LogP contribution in [-0.2, 0) is 11.2 Å². The van der Waals surface area contributed by atoms with Crippen molar-refractivity contribution in [2.75, 3.05) is 11.9 Å². The normalized spacial score (nSPS) is 31.3. The van der Waals surface area contributed by atoms with Gasteiger partial charge in [-0.3, -0.25) is 4.79 Å². The number of benzene rings is 1. The molecule has 21 heavy (non-hydrogen) atoms. The molecular weight excluding hydrogens is 264 g/mol. The molecule has 4 nitrogen and oxygen atoms in total. The minimum atomic E-state index is -0.417. The van der Waals surface area contributed by atoms with Crippen LogP contribution in [0, 0.1) is 5.92 Å².